The number of nitro groups is 1. The summed E-state index contributed by atoms with van der Waals surface area (Å²) in [6.07, 6.45) is 2.17. The van der Waals surface area contributed by atoms with Gasteiger partial charge in [0.1, 0.15) is 5.82 Å². The molecule has 0 atom stereocenters. The lowest BCUT2D eigenvalue weighted by Gasteiger charge is -1.98. The van der Waals surface area contributed by atoms with Crippen LogP contribution in [-0.4, -0.2) is 29.5 Å². The second-order valence-corrected chi connectivity index (χ2v) is 3.83. The van der Waals surface area contributed by atoms with Gasteiger partial charge >= 0.3 is 5.82 Å². The first-order valence-electron chi connectivity index (χ1n) is 4.86. The van der Waals surface area contributed by atoms with Crippen LogP contribution in [0.15, 0.2) is 12.3 Å². The number of nitrogens with one attached hydrogen (secondary N) is 1. The third-order valence-corrected chi connectivity index (χ3v) is 2.72. The van der Waals surface area contributed by atoms with Crippen LogP contribution in [0, 0.1) is 14.9 Å². The monoisotopic (exact) mass is 254 g/mol. The summed E-state index contributed by atoms with van der Waals surface area (Å²) < 4.78 is 3.81. The average molecular weight is 254 g/mol. The second kappa shape index (κ2) is 4.45. The maximum Gasteiger partial charge on any atom is 0.389 e. The summed E-state index contributed by atoms with van der Waals surface area (Å²) in [5.74, 6) is 0.633. The van der Waals surface area contributed by atoms with Gasteiger partial charge in [0.15, 0.2) is 4.77 Å². The summed E-state index contributed by atoms with van der Waals surface area (Å²) in [4.78, 5) is 9.92. The van der Waals surface area contributed by atoms with Crippen LogP contribution >= 0.6 is 12.2 Å². The number of aromatic amines is 1. The Kier molecular flexibility index (Phi) is 3.00. The van der Waals surface area contributed by atoms with E-state index in [0.717, 1.165) is 5.82 Å². The van der Waals surface area contributed by atoms with Crippen LogP contribution < -0.4 is 0 Å². The van der Waals surface area contributed by atoms with Gasteiger partial charge in [0, 0.05) is 13.5 Å². The summed E-state index contributed by atoms with van der Waals surface area (Å²) in [6.45, 7) is 0.515. The Bertz CT molecular complexity index is 597. The Morgan fingerprint density at radius 3 is 2.94 bits per heavy atom. The summed E-state index contributed by atoms with van der Waals surface area (Å²) in [5.41, 5.74) is 0. The molecule has 90 valence electrons. The zero-order valence-corrected chi connectivity index (χ0v) is 9.85. The van der Waals surface area contributed by atoms with Gasteiger partial charge in [-0.15, -0.1) is 0 Å². The standard InChI is InChI=1S/C8H10N6O2S/c1-12-6(9-10-8(12)17)2-4-13-5-3-7(11-13)14(15)16/h3,5H,2,4H2,1H3,(H,10,17). The first-order valence-corrected chi connectivity index (χ1v) is 5.27. The van der Waals surface area contributed by atoms with Gasteiger partial charge in [0.05, 0.1) is 23.9 Å². The molecule has 0 fully saturated rings. The van der Waals surface area contributed by atoms with Crippen molar-refractivity contribution < 1.29 is 4.92 Å². The third-order valence-electron chi connectivity index (χ3n) is 2.35. The first kappa shape index (κ1) is 11.5. The fourth-order valence-corrected chi connectivity index (χ4v) is 1.54. The van der Waals surface area contributed by atoms with Crippen LogP contribution in [0.1, 0.15) is 5.82 Å². The van der Waals surface area contributed by atoms with E-state index in [0.29, 0.717) is 17.7 Å². The van der Waals surface area contributed by atoms with E-state index in [1.165, 1.54) is 10.7 Å². The fourth-order valence-electron chi connectivity index (χ4n) is 1.39. The van der Waals surface area contributed by atoms with Crippen molar-refractivity contribution in [1.29, 1.82) is 0 Å². The van der Waals surface area contributed by atoms with Crippen LogP contribution in [0.4, 0.5) is 5.82 Å². The van der Waals surface area contributed by atoms with Gasteiger partial charge in [-0.2, -0.15) is 9.78 Å². The minimum atomic E-state index is -0.521. The molecule has 2 aromatic rings. The van der Waals surface area contributed by atoms with Crippen molar-refractivity contribution in [2.24, 2.45) is 7.05 Å². The molecule has 0 spiro atoms. The predicted octanol–water partition coefficient (Wildman–Crippen LogP) is 0.825. The molecule has 2 heterocycles. The Morgan fingerprint density at radius 1 is 1.65 bits per heavy atom. The molecule has 0 unspecified atom stereocenters. The highest BCUT2D eigenvalue weighted by Crippen LogP contribution is 2.06. The van der Waals surface area contributed by atoms with Gasteiger partial charge in [-0.25, -0.2) is 0 Å². The Labute approximate surface area is 101 Å². The molecule has 0 aliphatic carbocycles. The van der Waals surface area contributed by atoms with Crippen molar-refractivity contribution in [3.63, 3.8) is 0 Å². The van der Waals surface area contributed by atoms with Gasteiger partial charge < -0.3 is 14.7 Å². The number of nitrogens with zero attached hydrogens (tertiary/aromatic N) is 5. The number of H-pyrrole nitrogens is 1. The van der Waals surface area contributed by atoms with Gasteiger partial charge in [-0.3, -0.25) is 5.10 Å². The number of hydrogen-bond donors (Lipinski definition) is 1. The minimum Gasteiger partial charge on any atom is -0.358 e. The molecule has 0 aliphatic heterocycles. The lowest BCUT2D eigenvalue weighted by atomic mass is 10.4. The van der Waals surface area contributed by atoms with Crippen molar-refractivity contribution >= 4 is 18.0 Å². The fraction of sp³-hybridized carbons (Fsp3) is 0.375. The summed E-state index contributed by atoms with van der Waals surface area (Å²) in [7, 11) is 1.81. The second-order valence-electron chi connectivity index (χ2n) is 3.45. The van der Waals surface area contributed by atoms with Gasteiger partial charge in [0.2, 0.25) is 0 Å². The lowest BCUT2D eigenvalue weighted by Crippen LogP contribution is -2.06. The maximum absolute atomic E-state index is 10.4. The van der Waals surface area contributed by atoms with E-state index in [1.54, 1.807) is 10.8 Å². The average Bonchev–Trinajstić information content (AvgIpc) is 2.86. The Balaban J connectivity index is 2.05. The highest BCUT2D eigenvalue weighted by Gasteiger charge is 2.11. The molecule has 0 radical (unpaired) electrons. The van der Waals surface area contributed by atoms with Crippen LogP contribution in [0.2, 0.25) is 0 Å². The molecule has 1 N–H and O–H groups in total. The molecule has 0 aliphatic rings. The van der Waals surface area contributed by atoms with Gasteiger partial charge in [-0.05, 0) is 17.1 Å². The van der Waals surface area contributed by atoms with Crippen molar-refractivity contribution in [1.82, 2.24) is 24.5 Å². The zero-order valence-electron chi connectivity index (χ0n) is 9.03. The molecule has 2 rings (SSSR count). The smallest absolute Gasteiger partial charge is 0.358 e. The van der Waals surface area contributed by atoms with E-state index in [1.807, 2.05) is 7.05 Å². The molecule has 17 heavy (non-hydrogen) atoms. The molecule has 0 saturated carbocycles. The minimum absolute atomic E-state index is 0.152. The highest BCUT2D eigenvalue weighted by atomic mass is 32.1. The molecule has 8 nitrogen and oxygen atoms in total. The molecule has 0 saturated heterocycles. The number of aryl methyl sites for hydroxylation is 2. The molecule has 2 aromatic heterocycles. The normalized spacial score (nSPS) is 10.6. The predicted molar refractivity (Wildman–Crippen MR) is 61.0 cm³/mol. The number of aromatic nitrogens is 5. The zero-order chi connectivity index (χ0) is 12.4. The quantitative estimate of drug-likeness (QED) is 0.495. The SMILES string of the molecule is Cn1c(CCn2ccc([N+](=O)[O-])n2)n[nH]c1=S. The molecule has 0 amide bonds. The van der Waals surface area contributed by atoms with E-state index in [-0.39, 0.29) is 5.82 Å². The van der Waals surface area contributed by atoms with Gasteiger partial charge in [-0.1, -0.05) is 0 Å². The number of rotatable bonds is 4. The summed E-state index contributed by atoms with van der Waals surface area (Å²) in [6, 6.07) is 1.36. The molecule has 0 aromatic carbocycles. The molecule has 9 heteroatoms. The van der Waals surface area contributed by atoms with Crippen molar-refractivity contribution in [2.45, 2.75) is 13.0 Å². The Morgan fingerprint density at radius 2 is 2.41 bits per heavy atom. The largest absolute Gasteiger partial charge is 0.389 e. The maximum atomic E-state index is 10.4. The molecular weight excluding hydrogens is 244 g/mol. The van der Waals surface area contributed by atoms with Gasteiger partial charge in [0.25, 0.3) is 0 Å². The van der Waals surface area contributed by atoms with E-state index < -0.39 is 4.92 Å². The van der Waals surface area contributed by atoms with Crippen molar-refractivity contribution in [3.8, 4) is 0 Å². The van der Waals surface area contributed by atoms with E-state index in [4.69, 9.17) is 12.2 Å². The van der Waals surface area contributed by atoms with Crippen molar-refractivity contribution in [2.75, 3.05) is 0 Å². The van der Waals surface area contributed by atoms with Crippen LogP contribution in [-0.2, 0) is 20.0 Å². The first-order chi connectivity index (χ1) is 8.08. The Hall–Kier alpha value is -2.03. The van der Waals surface area contributed by atoms with E-state index in [9.17, 15) is 10.1 Å². The molecular formula is C8H10N6O2S. The topological polar surface area (TPSA) is 94.6 Å². The highest BCUT2D eigenvalue weighted by molar-refractivity contribution is 7.71. The van der Waals surface area contributed by atoms with Crippen molar-refractivity contribution in [3.05, 3.63) is 33.0 Å². The summed E-state index contributed by atoms with van der Waals surface area (Å²) >= 11 is 4.98. The van der Waals surface area contributed by atoms with Crippen LogP contribution in [0.5, 0.6) is 0 Å². The van der Waals surface area contributed by atoms with E-state index >= 15 is 0 Å². The van der Waals surface area contributed by atoms with E-state index in [2.05, 4.69) is 15.3 Å². The van der Waals surface area contributed by atoms with Crippen LogP contribution in [0.3, 0.4) is 0 Å². The summed E-state index contributed by atoms with van der Waals surface area (Å²) in [5, 5.41) is 21.0. The molecule has 0 bridgehead atoms. The lowest BCUT2D eigenvalue weighted by molar-refractivity contribution is -0.389. The number of hydrogen-bond acceptors (Lipinski definition) is 5. The van der Waals surface area contributed by atoms with Crippen LogP contribution in [0.25, 0.3) is 0 Å². The third kappa shape index (κ3) is 2.38.